The molecule has 2 aromatic heterocycles. The Hall–Kier alpha value is -4.04. The van der Waals surface area contributed by atoms with E-state index in [0.717, 1.165) is 65.6 Å². The Bertz CT molecular complexity index is 1500. The highest BCUT2D eigenvalue weighted by Gasteiger charge is 2.34. The van der Waals surface area contributed by atoms with Crippen molar-refractivity contribution in [3.05, 3.63) is 66.5 Å². The number of nitrogens with zero attached hydrogens (tertiary/aromatic N) is 3. The number of fused-ring (bicyclic) bond motifs is 1. The van der Waals surface area contributed by atoms with E-state index in [9.17, 15) is 4.79 Å². The summed E-state index contributed by atoms with van der Waals surface area (Å²) in [6.45, 7) is 6.16. The molecule has 2 aliphatic rings. The van der Waals surface area contributed by atoms with Gasteiger partial charge >= 0.3 is 0 Å². The summed E-state index contributed by atoms with van der Waals surface area (Å²) >= 11 is 0. The lowest BCUT2D eigenvalue weighted by Crippen LogP contribution is -2.38. The van der Waals surface area contributed by atoms with Crippen LogP contribution in [0.15, 0.2) is 60.9 Å². The maximum Gasteiger partial charge on any atom is 0.228 e. The Morgan fingerprint density at radius 2 is 1.97 bits per heavy atom. The number of rotatable bonds is 8. The second-order valence-electron chi connectivity index (χ2n) is 10.7. The Labute approximate surface area is 228 Å². The van der Waals surface area contributed by atoms with Crippen LogP contribution in [-0.4, -0.2) is 40.0 Å². The lowest BCUT2D eigenvalue weighted by molar-refractivity contribution is -0.116. The van der Waals surface area contributed by atoms with Gasteiger partial charge in [0.1, 0.15) is 5.75 Å². The van der Waals surface area contributed by atoms with E-state index in [1.54, 1.807) is 12.4 Å². The average Bonchev–Trinajstić information content (AvgIpc) is 3.65. The minimum absolute atomic E-state index is 0.0593. The van der Waals surface area contributed by atoms with Gasteiger partial charge in [0.15, 0.2) is 0 Å². The van der Waals surface area contributed by atoms with Crippen LogP contribution in [0.1, 0.15) is 38.2 Å². The van der Waals surface area contributed by atoms with Crippen LogP contribution in [0.25, 0.3) is 22.0 Å². The molecule has 0 radical (unpaired) electrons. The summed E-state index contributed by atoms with van der Waals surface area (Å²) in [5.41, 5.74) is 3.29. The molecule has 2 fully saturated rings. The lowest BCUT2D eigenvalue weighted by atomic mass is 10.0. The molecule has 1 aliphatic heterocycles. The number of aryl methyl sites for hydroxylation is 1. The Balaban J connectivity index is 1.29. The molecule has 39 heavy (non-hydrogen) atoms. The Morgan fingerprint density at radius 1 is 1.08 bits per heavy atom. The van der Waals surface area contributed by atoms with Crippen molar-refractivity contribution < 1.29 is 9.53 Å². The van der Waals surface area contributed by atoms with Crippen LogP contribution < -0.4 is 20.7 Å². The first-order chi connectivity index (χ1) is 19.0. The highest BCUT2D eigenvalue weighted by molar-refractivity contribution is 6.04. The molecule has 3 heterocycles. The number of hydrogen-bond acceptors (Lipinski definition) is 7. The monoisotopic (exact) mass is 522 g/mol. The van der Waals surface area contributed by atoms with Crippen molar-refractivity contribution >= 4 is 28.3 Å². The predicted octanol–water partition coefficient (Wildman–Crippen LogP) is 5.94. The number of amides is 1. The van der Waals surface area contributed by atoms with E-state index < -0.39 is 0 Å². The number of pyridine rings is 1. The van der Waals surface area contributed by atoms with Gasteiger partial charge < -0.3 is 20.7 Å². The van der Waals surface area contributed by atoms with Crippen molar-refractivity contribution in [3.8, 4) is 22.9 Å². The Morgan fingerprint density at radius 3 is 2.79 bits per heavy atom. The molecule has 4 aromatic rings. The van der Waals surface area contributed by atoms with Crippen LogP contribution in [0, 0.1) is 18.8 Å². The number of ether oxygens (including phenoxy) is 1. The van der Waals surface area contributed by atoms with Crippen LogP contribution in [0.2, 0.25) is 0 Å². The molecular weight excluding hydrogens is 488 g/mol. The van der Waals surface area contributed by atoms with Crippen LogP contribution in [0.4, 0.5) is 11.6 Å². The first-order valence-corrected chi connectivity index (χ1v) is 13.8. The molecule has 2 aromatic carbocycles. The molecule has 6 rings (SSSR count). The number of anilines is 2. The van der Waals surface area contributed by atoms with Gasteiger partial charge in [0.05, 0.1) is 11.3 Å². The van der Waals surface area contributed by atoms with Gasteiger partial charge in [-0.2, -0.15) is 0 Å². The first kappa shape index (κ1) is 25.2. The molecule has 3 N–H and O–H groups in total. The minimum atomic E-state index is 0.0593. The number of benzene rings is 2. The SMILES string of the molecule is Cc1ccc2c(NC(=O)C[C@H]3C[C@H]3C)cccc2c1Oc1ncccc1-c1ccnc(N[C@H]2CCCNC2)n1. The fourth-order valence-corrected chi connectivity index (χ4v) is 5.31. The number of carbonyl (C=O) groups excluding carboxylic acids is 1. The van der Waals surface area contributed by atoms with E-state index in [1.165, 1.54) is 0 Å². The molecule has 8 heteroatoms. The number of carbonyl (C=O) groups is 1. The van der Waals surface area contributed by atoms with Crippen molar-refractivity contribution in [2.24, 2.45) is 11.8 Å². The average molecular weight is 523 g/mol. The van der Waals surface area contributed by atoms with Crippen molar-refractivity contribution in [3.63, 3.8) is 0 Å². The summed E-state index contributed by atoms with van der Waals surface area (Å²) in [7, 11) is 0. The van der Waals surface area contributed by atoms with Crippen LogP contribution in [0.3, 0.4) is 0 Å². The summed E-state index contributed by atoms with van der Waals surface area (Å²) in [4.78, 5) is 26.5. The fourth-order valence-electron chi connectivity index (χ4n) is 5.31. The van der Waals surface area contributed by atoms with Gasteiger partial charge in [-0.15, -0.1) is 0 Å². The third-order valence-electron chi connectivity index (χ3n) is 7.74. The van der Waals surface area contributed by atoms with Crippen molar-refractivity contribution in [2.45, 2.75) is 45.6 Å². The number of hydrogen-bond donors (Lipinski definition) is 3. The highest BCUT2D eigenvalue weighted by atomic mass is 16.5. The van der Waals surface area contributed by atoms with Gasteiger partial charge in [0.25, 0.3) is 0 Å². The smallest absolute Gasteiger partial charge is 0.228 e. The first-order valence-electron chi connectivity index (χ1n) is 13.8. The minimum Gasteiger partial charge on any atom is -0.437 e. The van der Waals surface area contributed by atoms with E-state index in [2.05, 4.69) is 32.8 Å². The zero-order chi connectivity index (χ0) is 26.8. The number of piperidine rings is 1. The molecule has 0 bridgehead atoms. The topological polar surface area (TPSA) is 101 Å². The lowest BCUT2D eigenvalue weighted by Gasteiger charge is -2.23. The van der Waals surface area contributed by atoms with Crippen molar-refractivity contribution in [2.75, 3.05) is 23.7 Å². The quantitative estimate of drug-likeness (QED) is 0.263. The fraction of sp³-hybridized carbons (Fsp3) is 0.355. The standard InChI is InChI=1S/C31H34N6O2/c1-19-10-11-23-24(7-3-9-26(23)36-28(38)17-21-16-20(21)2)29(19)39-30-25(8-5-14-33-30)27-12-15-34-31(37-27)35-22-6-4-13-32-18-22/h3,5,7-12,14-15,20-22,32H,4,6,13,16-18H2,1-2H3,(H,36,38)(H,34,35,37)/t20-,21-,22+/m1/s1. The molecule has 8 nitrogen and oxygen atoms in total. The van der Waals surface area contributed by atoms with Crippen LogP contribution in [-0.2, 0) is 4.79 Å². The summed E-state index contributed by atoms with van der Waals surface area (Å²) in [6, 6.07) is 16.0. The third kappa shape index (κ3) is 5.71. The van der Waals surface area contributed by atoms with Crippen molar-refractivity contribution in [1.29, 1.82) is 0 Å². The molecule has 0 spiro atoms. The number of nitrogens with one attached hydrogen (secondary N) is 3. The van der Waals surface area contributed by atoms with E-state index in [0.29, 0.717) is 41.9 Å². The second kappa shape index (κ2) is 11.0. The van der Waals surface area contributed by atoms with E-state index >= 15 is 0 Å². The van der Waals surface area contributed by atoms with Crippen LogP contribution in [0.5, 0.6) is 11.6 Å². The maximum atomic E-state index is 12.7. The van der Waals surface area contributed by atoms with Gasteiger partial charge in [-0.1, -0.05) is 31.2 Å². The van der Waals surface area contributed by atoms with Gasteiger partial charge in [0.2, 0.25) is 17.7 Å². The van der Waals surface area contributed by atoms with Crippen molar-refractivity contribution in [1.82, 2.24) is 20.3 Å². The summed E-state index contributed by atoms with van der Waals surface area (Å²) < 4.78 is 6.53. The van der Waals surface area contributed by atoms with E-state index in [-0.39, 0.29) is 5.91 Å². The predicted molar refractivity (Wildman–Crippen MR) is 154 cm³/mol. The summed E-state index contributed by atoms with van der Waals surface area (Å²) in [6.07, 6.45) is 7.40. The van der Waals surface area contributed by atoms with E-state index in [4.69, 9.17) is 9.72 Å². The molecule has 200 valence electrons. The van der Waals surface area contributed by atoms with E-state index in [1.807, 2.05) is 55.5 Å². The normalized spacial score (nSPS) is 20.4. The highest BCUT2D eigenvalue weighted by Crippen LogP contribution is 2.41. The molecule has 1 saturated carbocycles. The molecule has 1 amide bonds. The zero-order valence-corrected chi connectivity index (χ0v) is 22.4. The van der Waals surface area contributed by atoms with Gasteiger partial charge in [0, 0.05) is 47.9 Å². The van der Waals surface area contributed by atoms with Gasteiger partial charge in [-0.05, 0) is 74.4 Å². The summed E-state index contributed by atoms with van der Waals surface area (Å²) in [5, 5.41) is 11.8. The third-order valence-corrected chi connectivity index (χ3v) is 7.74. The maximum absolute atomic E-state index is 12.7. The molecule has 1 aliphatic carbocycles. The summed E-state index contributed by atoms with van der Waals surface area (Å²) in [5.74, 6) is 2.97. The molecule has 3 atom stereocenters. The molecular formula is C31H34N6O2. The second-order valence-corrected chi connectivity index (χ2v) is 10.7. The van der Waals surface area contributed by atoms with Gasteiger partial charge in [-0.3, -0.25) is 4.79 Å². The Kier molecular flexibility index (Phi) is 7.11. The zero-order valence-electron chi connectivity index (χ0n) is 22.4. The van der Waals surface area contributed by atoms with Crippen LogP contribution >= 0.6 is 0 Å². The largest absolute Gasteiger partial charge is 0.437 e. The van der Waals surface area contributed by atoms with Gasteiger partial charge in [-0.25, -0.2) is 15.0 Å². The molecule has 1 saturated heterocycles. The number of aromatic nitrogens is 3. The molecule has 0 unspecified atom stereocenters.